The molecular weight excluding hydrogens is 310 g/mol. The van der Waals surface area contributed by atoms with Crippen LogP contribution in [0.5, 0.6) is 0 Å². The zero-order chi connectivity index (χ0) is 18.6. The van der Waals surface area contributed by atoms with E-state index in [2.05, 4.69) is 25.9 Å². The molecule has 3 nitrogen and oxygen atoms in total. The van der Waals surface area contributed by atoms with Crippen LogP contribution in [0.4, 0.5) is 0 Å². The van der Waals surface area contributed by atoms with E-state index in [1.807, 2.05) is 0 Å². The summed E-state index contributed by atoms with van der Waals surface area (Å²) >= 11 is 0. The normalized spacial score (nSPS) is 11.2. The molecule has 0 amide bonds. The van der Waals surface area contributed by atoms with Gasteiger partial charge in [-0.05, 0) is 39.9 Å². The van der Waals surface area contributed by atoms with E-state index in [-0.39, 0.29) is 5.97 Å². The smallest absolute Gasteiger partial charge is 0.305 e. The van der Waals surface area contributed by atoms with Crippen LogP contribution in [0, 0.1) is 0 Å². The van der Waals surface area contributed by atoms with Crippen molar-refractivity contribution in [2.45, 2.75) is 110 Å². The molecule has 3 heteroatoms. The fourth-order valence-electron chi connectivity index (χ4n) is 3.08. The molecule has 0 atom stereocenters. The molecule has 0 heterocycles. The van der Waals surface area contributed by atoms with Crippen LogP contribution in [-0.4, -0.2) is 38.1 Å². The summed E-state index contributed by atoms with van der Waals surface area (Å²) in [6.45, 7) is 3.93. The van der Waals surface area contributed by atoms with Crippen molar-refractivity contribution < 1.29 is 9.53 Å². The lowest BCUT2D eigenvalue weighted by Crippen LogP contribution is -2.14. The predicted molar refractivity (Wildman–Crippen MR) is 109 cm³/mol. The molecule has 0 radical (unpaired) electrons. The standard InChI is InChI=1S/C22H45NO2/c1-4-5-6-7-8-9-10-11-12-13-14-15-16-19-22(24)25-21-18-17-20-23(2)3/h4-21H2,1-3H3. The number of nitrogens with zero attached hydrogens (tertiary/aromatic N) is 1. The summed E-state index contributed by atoms with van der Waals surface area (Å²) < 4.78 is 5.27. The summed E-state index contributed by atoms with van der Waals surface area (Å²) in [6.07, 6.45) is 20.1. The molecule has 0 aliphatic heterocycles. The van der Waals surface area contributed by atoms with E-state index in [0.717, 1.165) is 25.8 Å². The maximum Gasteiger partial charge on any atom is 0.305 e. The summed E-state index contributed by atoms with van der Waals surface area (Å²) in [4.78, 5) is 13.8. The lowest BCUT2D eigenvalue weighted by Gasteiger charge is -2.09. The number of esters is 1. The second-order valence-electron chi connectivity index (χ2n) is 7.72. The van der Waals surface area contributed by atoms with Gasteiger partial charge in [0, 0.05) is 6.42 Å². The molecule has 0 fully saturated rings. The Labute approximate surface area is 157 Å². The summed E-state index contributed by atoms with van der Waals surface area (Å²) in [5.74, 6) is -0.00655. The van der Waals surface area contributed by atoms with Gasteiger partial charge >= 0.3 is 5.97 Å². The number of rotatable bonds is 19. The predicted octanol–water partition coefficient (Wildman–Crippen LogP) is 6.35. The number of unbranched alkanes of at least 4 members (excludes halogenated alkanes) is 13. The second kappa shape index (κ2) is 19.8. The Morgan fingerprint density at radius 1 is 0.680 bits per heavy atom. The van der Waals surface area contributed by atoms with Gasteiger partial charge < -0.3 is 9.64 Å². The van der Waals surface area contributed by atoms with E-state index in [9.17, 15) is 4.79 Å². The molecule has 25 heavy (non-hydrogen) atoms. The van der Waals surface area contributed by atoms with Crippen molar-refractivity contribution in [3.05, 3.63) is 0 Å². The molecule has 0 aliphatic rings. The minimum atomic E-state index is -0.00655. The fourth-order valence-corrected chi connectivity index (χ4v) is 3.08. The molecule has 150 valence electrons. The van der Waals surface area contributed by atoms with Gasteiger partial charge in [0.05, 0.1) is 6.61 Å². The van der Waals surface area contributed by atoms with Crippen LogP contribution < -0.4 is 0 Å². The summed E-state index contributed by atoms with van der Waals surface area (Å²) in [7, 11) is 4.14. The highest BCUT2D eigenvalue weighted by molar-refractivity contribution is 5.69. The van der Waals surface area contributed by atoms with Gasteiger partial charge in [-0.1, -0.05) is 84.0 Å². The average Bonchev–Trinajstić information content (AvgIpc) is 2.58. The largest absolute Gasteiger partial charge is 0.466 e. The van der Waals surface area contributed by atoms with Crippen molar-refractivity contribution in [2.24, 2.45) is 0 Å². The van der Waals surface area contributed by atoms with Gasteiger partial charge in [0.25, 0.3) is 0 Å². The molecular formula is C22H45NO2. The number of hydrogen-bond acceptors (Lipinski definition) is 3. The van der Waals surface area contributed by atoms with E-state index in [0.29, 0.717) is 13.0 Å². The molecule has 0 saturated heterocycles. The van der Waals surface area contributed by atoms with Crippen molar-refractivity contribution in [3.63, 3.8) is 0 Å². The van der Waals surface area contributed by atoms with Crippen molar-refractivity contribution in [2.75, 3.05) is 27.2 Å². The number of carbonyl (C=O) groups is 1. The molecule has 0 aromatic heterocycles. The van der Waals surface area contributed by atoms with Crippen LogP contribution in [0.15, 0.2) is 0 Å². The topological polar surface area (TPSA) is 29.5 Å². The molecule has 0 N–H and O–H groups in total. The molecule has 0 bridgehead atoms. The molecule has 0 aromatic carbocycles. The van der Waals surface area contributed by atoms with Gasteiger partial charge in [0.1, 0.15) is 0 Å². The Morgan fingerprint density at radius 3 is 1.64 bits per heavy atom. The monoisotopic (exact) mass is 355 g/mol. The maximum absolute atomic E-state index is 11.6. The third-order valence-electron chi connectivity index (χ3n) is 4.75. The third-order valence-corrected chi connectivity index (χ3v) is 4.75. The van der Waals surface area contributed by atoms with Crippen molar-refractivity contribution in [1.29, 1.82) is 0 Å². The first-order chi connectivity index (χ1) is 12.2. The quantitative estimate of drug-likeness (QED) is 0.200. The Balaban J connectivity index is 3.13. The molecule has 0 spiro atoms. The lowest BCUT2D eigenvalue weighted by molar-refractivity contribution is -0.143. The van der Waals surface area contributed by atoms with E-state index in [1.54, 1.807) is 0 Å². The molecule has 0 rings (SSSR count). The molecule has 0 saturated carbocycles. The highest BCUT2D eigenvalue weighted by atomic mass is 16.5. The zero-order valence-electron chi connectivity index (χ0n) is 17.5. The van der Waals surface area contributed by atoms with Gasteiger partial charge in [-0.25, -0.2) is 0 Å². The number of ether oxygens (including phenoxy) is 1. The SMILES string of the molecule is CCCCCCCCCCCCCCCC(=O)OCCCCN(C)C. The van der Waals surface area contributed by atoms with E-state index < -0.39 is 0 Å². The summed E-state index contributed by atoms with van der Waals surface area (Å²) in [5.41, 5.74) is 0. The Kier molecular flexibility index (Phi) is 19.3. The van der Waals surface area contributed by atoms with Crippen LogP contribution in [0.25, 0.3) is 0 Å². The van der Waals surface area contributed by atoms with E-state index in [4.69, 9.17) is 4.74 Å². The summed E-state index contributed by atoms with van der Waals surface area (Å²) in [5, 5.41) is 0. The second-order valence-corrected chi connectivity index (χ2v) is 7.72. The fraction of sp³-hybridized carbons (Fsp3) is 0.955. The van der Waals surface area contributed by atoms with Crippen LogP contribution in [-0.2, 0) is 9.53 Å². The number of carbonyl (C=O) groups excluding carboxylic acids is 1. The minimum absolute atomic E-state index is 0.00655. The van der Waals surface area contributed by atoms with Crippen molar-refractivity contribution in [1.82, 2.24) is 4.90 Å². The van der Waals surface area contributed by atoms with Crippen molar-refractivity contribution >= 4 is 5.97 Å². The Hall–Kier alpha value is -0.570. The van der Waals surface area contributed by atoms with Crippen LogP contribution in [0.2, 0.25) is 0 Å². The van der Waals surface area contributed by atoms with Gasteiger partial charge in [-0.3, -0.25) is 4.79 Å². The van der Waals surface area contributed by atoms with Crippen LogP contribution in [0.3, 0.4) is 0 Å². The Bertz CT molecular complexity index is 279. The lowest BCUT2D eigenvalue weighted by atomic mass is 10.0. The molecule has 0 unspecified atom stereocenters. The summed E-state index contributed by atoms with van der Waals surface area (Å²) in [6, 6.07) is 0. The van der Waals surface area contributed by atoms with Gasteiger partial charge in [-0.2, -0.15) is 0 Å². The van der Waals surface area contributed by atoms with Gasteiger partial charge in [-0.15, -0.1) is 0 Å². The highest BCUT2D eigenvalue weighted by Gasteiger charge is 2.02. The van der Waals surface area contributed by atoms with Crippen molar-refractivity contribution in [3.8, 4) is 0 Å². The van der Waals surface area contributed by atoms with E-state index >= 15 is 0 Å². The highest BCUT2D eigenvalue weighted by Crippen LogP contribution is 2.13. The Morgan fingerprint density at radius 2 is 1.16 bits per heavy atom. The zero-order valence-corrected chi connectivity index (χ0v) is 17.5. The minimum Gasteiger partial charge on any atom is -0.466 e. The van der Waals surface area contributed by atoms with Gasteiger partial charge in [0.15, 0.2) is 0 Å². The first-order valence-electron chi connectivity index (χ1n) is 11.0. The first-order valence-corrected chi connectivity index (χ1v) is 11.0. The van der Waals surface area contributed by atoms with Gasteiger partial charge in [0.2, 0.25) is 0 Å². The molecule has 0 aliphatic carbocycles. The third kappa shape index (κ3) is 21.4. The van der Waals surface area contributed by atoms with Crippen LogP contribution in [0.1, 0.15) is 110 Å². The van der Waals surface area contributed by atoms with Crippen LogP contribution >= 0.6 is 0 Å². The molecule has 0 aromatic rings. The maximum atomic E-state index is 11.6. The average molecular weight is 356 g/mol. The van der Waals surface area contributed by atoms with E-state index in [1.165, 1.54) is 77.0 Å². The first kappa shape index (κ1) is 24.4. The number of hydrogen-bond donors (Lipinski definition) is 0.